The Balaban J connectivity index is 1.76. The molecule has 104 valence electrons. The van der Waals surface area contributed by atoms with E-state index >= 15 is 0 Å². The molecule has 0 fully saturated rings. The van der Waals surface area contributed by atoms with Gasteiger partial charge in [0.05, 0.1) is 30.0 Å². The van der Waals surface area contributed by atoms with Gasteiger partial charge in [0.15, 0.2) is 5.82 Å². The van der Waals surface area contributed by atoms with E-state index in [4.69, 9.17) is 4.42 Å². The standard InChI is InChI=1S/C14H12N6O/c1-19-11-8-15-3-2-10(11)18-12(19)9-20-6-4-16-13(20)14-17-5-7-21-14/h2-8H,9H2,1H3. The van der Waals surface area contributed by atoms with E-state index in [0.29, 0.717) is 18.3 Å². The van der Waals surface area contributed by atoms with Crippen molar-refractivity contribution < 1.29 is 4.42 Å². The maximum atomic E-state index is 5.31. The molecule has 21 heavy (non-hydrogen) atoms. The molecule has 0 aromatic carbocycles. The first-order valence-electron chi connectivity index (χ1n) is 6.49. The number of aryl methyl sites for hydroxylation is 1. The Labute approximate surface area is 119 Å². The minimum Gasteiger partial charge on any atom is -0.442 e. The van der Waals surface area contributed by atoms with Gasteiger partial charge in [-0.2, -0.15) is 0 Å². The van der Waals surface area contributed by atoms with Crippen molar-refractivity contribution in [1.82, 2.24) is 29.1 Å². The third-order valence-corrected chi connectivity index (χ3v) is 3.43. The fourth-order valence-corrected chi connectivity index (χ4v) is 2.35. The van der Waals surface area contributed by atoms with Crippen LogP contribution in [0.4, 0.5) is 0 Å². The van der Waals surface area contributed by atoms with Crippen LogP contribution in [0.25, 0.3) is 22.7 Å². The molecule has 0 aliphatic rings. The quantitative estimate of drug-likeness (QED) is 0.572. The Morgan fingerprint density at radius 3 is 2.95 bits per heavy atom. The lowest BCUT2D eigenvalue weighted by Gasteiger charge is -2.05. The van der Waals surface area contributed by atoms with Crippen LogP contribution in [0.2, 0.25) is 0 Å². The van der Waals surface area contributed by atoms with E-state index in [1.165, 1.54) is 6.26 Å². The van der Waals surface area contributed by atoms with Gasteiger partial charge in [-0.15, -0.1) is 0 Å². The minimum atomic E-state index is 0.500. The second-order valence-electron chi connectivity index (χ2n) is 4.67. The molecule has 0 spiro atoms. The number of nitrogens with zero attached hydrogens (tertiary/aromatic N) is 6. The van der Waals surface area contributed by atoms with Crippen molar-refractivity contribution in [3.05, 3.63) is 49.1 Å². The molecule has 4 aromatic rings. The molecule has 4 rings (SSSR count). The number of pyridine rings is 1. The van der Waals surface area contributed by atoms with Gasteiger partial charge in [-0.05, 0) is 6.07 Å². The molecule has 7 heteroatoms. The van der Waals surface area contributed by atoms with Gasteiger partial charge in [0.2, 0.25) is 0 Å². The molecule has 7 nitrogen and oxygen atoms in total. The molecule has 0 N–H and O–H groups in total. The normalized spacial score (nSPS) is 11.3. The second kappa shape index (κ2) is 4.55. The molecule has 0 radical (unpaired) electrons. The first-order chi connectivity index (χ1) is 10.3. The van der Waals surface area contributed by atoms with Gasteiger partial charge in [-0.25, -0.2) is 15.0 Å². The number of rotatable bonds is 3. The largest absolute Gasteiger partial charge is 0.442 e. The summed E-state index contributed by atoms with van der Waals surface area (Å²) in [5.74, 6) is 2.11. The zero-order chi connectivity index (χ0) is 14.2. The zero-order valence-electron chi connectivity index (χ0n) is 11.3. The molecule has 0 aliphatic heterocycles. The van der Waals surface area contributed by atoms with Gasteiger partial charge in [0.1, 0.15) is 12.1 Å². The average molecular weight is 280 g/mol. The van der Waals surface area contributed by atoms with E-state index in [-0.39, 0.29) is 0 Å². The summed E-state index contributed by atoms with van der Waals surface area (Å²) in [5.41, 5.74) is 1.94. The minimum absolute atomic E-state index is 0.500. The predicted molar refractivity (Wildman–Crippen MR) is 75.3 cm³/mol. The summed E-state index contributed by atoms with van der Waals surface area (Å²) >= 11 is 0. The van der Waals surface area contributed by atoms with Gasteiger partial charge in [-0.3, -0.25) is 4.98 Å². The van der Waals surface area contributed by atoms with Crippen LogP contribution in [0.15, 0.2) is 47.7 Å². The van der Waals surface area contributed by atoms with Crippen LogP contribution in [-0.4, -0.2) is 29.1 Å². The smallest absolute Gasteiger partial charge is 0.263 e. The van der Waals surface area contributed by atoms with Crippen molar-refractivity contribution in [3.8, 4) is 11.7 Å². The molecular formula is C14H12N6O. The van der Waals surface area contributed by atoms with Crippen molar-refractivity contribution in [2.45, 2.75) is 6.54 Å². The Morgan fingerprint density at radius 2 is 2.14 bits per heavy atom. The summed E-state index contributed by atoms with van der Waals surface area (Å²) in [6.07, 6.45) is 10.3. The lowest BCUT2D eigenvalue weighted by atomic mass is 10.4. The second-order valence-corrected chi connectivity index (χ2v) is 4.67. The van der Waals surface area contributed by atoms with Crippen LogP contribution in [0.5, 0.6) is 0 Å². The summed E-state index contributed by atoms with van der Waals surface area (Å²) in [6, 6.07) is 1.90. The monoisotopic (exact) mass is 280 g/mol. The van der Waals surface area contributed by atoms with Crippen LogP contribution >= 0.6 is 0 Å². The maximum absolute atomic E-state index is 5.31. The Morgan fingerprint density at radius 1 is 1.19 bits per heavy atom. The van der Waals surface area contributed by atoms with E-state index in [2.05, 4.69) is 19.9 Å². The van der Waals surface area contributed by atoms with Crippen LogP contribution in [0.3, 0.4) is 0 Å². The molecule has 0 unspecified atom stereocenters. The van der Waals surface area contributed by atoms with Gasteiger partial charge < -0.3 is 13.6 Å². The van der Waals surface area contributed by atoms with Crippen molar-refractivity contribution in [1.29, 1.82) is 0 Å². The van der Waals surface area contributed by atoms with Crippen molar-refractivity contribution >= 4 is 11.0 Å². The molecule has 0 saturated carbocycles. The maximum Gasteiger partial charge on any atom is 0.263 e. The predicted octanol–water partition coefficient (Wildman–Crippen LogP) is 1.87. The van der Waals surface area contributed by atoms with E-state index in [0.717, 1.165) is 16.9 Å². The van der Waals surface area contributed by atoms with Crippen molar-refractivity contribution in [2.24, 2.45) is 7.05 Å². The summed E-state index contributed by atoms with van der Waals surface area (Å²) in [4.78, 5) is 17.2. The highest BCUT2D eigenvalue weighted by Gasteiger charge is 2.13. The first-order valence-corrected chi connectivity index (χ1v) is 6.49. The lowest BCUT2D eigenvalue weighted by molar-refractivity contribution is 0.561. The van der Waals surface area contributed by atoms with Gasteiger partial charge in [0.25, 0.3) is 5.89 Å². The number of hydrogen-bond donors (Lipinski definition) is 0. The van der Waals surface area contributed by atoms with Crippen LogP contribution in [-0.2, 0) is 13.6 Å². The number of oxazole rings is 1. The Hall–Kier alpha value is -2.96. The van der Waals surface area contributed by atoms with E-state index < -0.39 is 0 Å². The third-order valence-electron chi connectivity index (χ3n) is 3.43. The molecule has 4 aromatic heterocycles. The molecular weight excluding hydrogens is 268 g/mol. The highest BCUT2D eigenvalue weighted by Crippen LogP contribution is 2.18. The van der Waals surface area contributed by atoms with Crippen molar-refractivity contribution in [3.63, 3.8) is 0 Å². The van der Waals surface area contributed by atoms with E-state index in [1.807, 2.05) is 34.6 Å². The van der Waals surface area contributed by atoms with Crippen molar-refractivity contribution in [2.75, 3.05) is 0 Å². The number of hydrogen-bond acceptors (Lipinski definition) is 5. The summed E-state index contributed by atoms with van der Waals surface area (Å²) < 4.78 is 9.30. The molecule has 4 heterocycles. The topological polar surface area (TPSA) is 74.6 Å². The summed E-state index contributed by atoms with van der Waals surface area (Å²) in [7, 11) is 1.98. The Bertz CT molecular complexity index is 889. The highest BCUT2D eigenvalue weighted by molar-refractivity contribution is 5.74. The third kappa shape index (κ3) is 1.90. The van der Waals surface area contributed by atoms with Gasteiger partial charge in [0, 0.05) is 25.6 Å². The average Bonchev–Trinajstić information content (AvgIpc) is 3.21. The molecule has 0 aliphatic carbocycles. The fourth-order valence-electron chi connectivity index (χ4n) is 2.35. The van der Waals surface area contributed by atoms with E-state index in [1.54, 1.807) is 18.6 Å². The number of imidazole rings is 2. The SMILES string of the molecule is Cn1c(Cn2ccnc2-c2ncco2)nc2ccncc21. The highest BCUT2D eigenvalue weighted by atomic mass is 16.3. The zero-order valence-corrected chi connectivity index (χ0v) is 11.3. The van der Waals surface area contributed by atoms with Crippen LogP contribution in [0.1, 0.15) is 5.82 Å². The number of aromatic nitrogens is 6. The lowest BCUT2D eigenvalue weighted by Crippen LogP contribution is -2.06. The van der Waals surface area contributed by atoms with Crippen LogP contribution < -0.4 is 0 Å². The summed E-state index contributed by atoms with van der Waals surface area (Å²) in [6.45, 7) is 0.586. The molecule has 0 amide bonds. The fraction of sp³-hybridized carbons (Fsp3) is 0.143. The number of fused-ring (bicyclic) bond motifs is 1. The Kier molecular flexibility index (Phi) is 2.56. The van der Waals surface area contributed by atoms with Gasteiger partial charge in [-0.1, -0.05) is 0 Å². The van der Waals surface area contributed by atoms with Gasteiger partial charge >= 0.3 is 0 Å². The summed E-state index contributed by atoms with van der Waals surface area (Å²) in [5, 5.41) is 0. The molecule has 0 atom stereocenters. The molecule has 0 bridgehead atoms. The van der Waals surface area contributed by atoms with Crippen LogP contribution in [0, 0.1) is 0 Å². The van der Waals surface area contributed by atoms with E-state index in [9.17, 15) is 0 Å². The molecule has 0 saturated heterocycles. The first kappa shape index (κ1) is 11.8.